The molecule has 3 aromatic rings. The molecule has 3 rings (SSSR count). The predicted molar refractivity (Wildman–Crippen MR) is 106 cm³/mol. The van der Waals surface area contributed by atoms with Crippen molar-refractivity contribution in [2.45, 2.75) is 6.92 Å². The number of hydrogen-bond donors (Lipinski definition) is 1. The van der Waals surface area contributed by atoms with Gasteiger partial charge in [0.1, 0.15) is 5.69 Å². The molecule has 0 amide bonds. The molecule has 0 aliphatic rings. The van der Waals surface area contributed by atoms with E-state index in [2.05, 4.69) is 15.4 Å². The Hall–Kier alpha value is -3.10. The van der Waals surface area contributed by atoms with E-state index in [1.54, 1.807) is 19.1 Å². The Morgan fingerprint density at radius 1 is 1.03 bits per heavy atom. The lowest BCUT2D eigenvalue weighted by Gasteiger charge is -2.11. The number of carbonyl (C=O) groups is 2. The zero-order valence-electron chi connectivity index (χ0n) is 15.4. The number of nitrogens with one attached hydrogen (secondary N) is 1. The Morgan fingerprint density at radius 3 is 2.52 bits per heavy atom. The Labute approximate surface area is 175 Å². The number of benzene rings is 2. The van der Waals surface area contributed by atoms with Gasteiger partial charge in [-0.05, 0) is 43.3 Å². The van der Waals surface area contributed by atoms with Gasteiger partial charge in [0, 0.05) is 10.6 Å². The van der Waals surface area contributed by atoms with E-state index in [4.69, 9.17) is 37.4 Å². The third-order valence-electron chi connectivity index (χ3n) is 3.81. The first-order valence-electron chi connectivity index (χ1n) is 8.38. The van der Waals surface area contributed by atoms with Gasteiger partial charge in [-0.3, -0.25) is 0 Å². The second-order valence-corrected chi connectivity index (χ2v) is 6.46. The monoisotopic (exact) mass is 435 g/mol. The summed E-state index contributed by atoms with van der Waals surface area (Å²) in [5.41, 5.74) is 0.984. The van der Waals surface area contributed by atoms with E-state index in [1.165, 1.54) is 31.4 Å². The lowest BCUT2D eigenvalue weighted by atomic mass is 10.1. The first kappa shape index (κ1) is 20.6. The lowest BCUT2D eigenvalue weighted by molar-refractivity contribution is 0.0520. The summed E-state index contributed by atoms with van der Waals surface area (Å²) in [5.74, 6) is -0.873. The smallest absolute Gasteiger partial charge is 0.361 e. The van der Waals surface area contributed by atoms with E-state index in [9.17, 15) is 9.59 Å². The molecule has 0 bridgehead atoms. The average molecular weight is 436 g/mol. The zero-order valence-corrected chi connectivity index (χ0v) is 16.9. The van der Waals surface area contributed by atoms with Crippen LogP contribution in [-0.4, -0.2) is 41.1 Å². The van der Waals surface area contributed by atoms with Crippen molar-refractivity contribution in [3.8, 4) is 22.8 Å². The molecule has 1 heterocycles. The summed E-state index contributed by atoms with van der Waals surface area (Å²) in [4.78, 5) is 24.5. The van der Waals surface area contributed by atoms with E-state index < -0.39 is 11.9 Å². The molecule has 0 saturated carbocycles. The van der Waals surface area contributed by atoms with E-state index in [-0.39, 0.29) is 40.1 Å². The summed E-state index contributed by atoms with van der Waals surface area (Å²) in [6, 6.07) is 9.13. The number of esters is 2. The van der Waals surface area contributed by atoms with Gasteiger partial charge in [0.15, 0.2) is 17.2 Å². The Bertz CT molecular complexity index is 1070. The van der Waals surface area contributed by atoms with Crippen LogP contribution in [0.2, 0.25) is 10.0 Å². The number of rotatable bonds is 6. The molecule has 29 heavy (non-hydrogen) atoms. The third-order valence-corrected chi connectivity index (χ3v) is 4.36. The molecule has 0 aliphatic carbocycles. The van der Waals surface area contributed by atoms with Gasteiger partial charge in [0.2, 0.25) is 0 Å². The molecule has 0 radical (unpaired) electrons. The fraction of sp³-hybridized carbons (Fsp3) is 0.158. The van der Waals surface area contributed by atoms with Crippen molar-refractivity contribution in [3.63, 3.8) is 0 Å². The van der Waals surface area contributed by atoms with Crippen molar-refractivity contribution in [2.75, 3.05) is 13.7 Å². The number of H-pyrrole nitrogens is 1. The molecule has 0 unspecified atom stereocenters. The van der Waals surface area contributed by atoms with Crippen molar-refractivity contribution < 1.29 is 23.8 Å². The molecule has 150 valence electrons. The quantitative estimate of drug-likeness (QED) is 0.457. The highest BCUT2D eigenvalue weighted by Gasteiger charge is 2.21. The maximum absolute atomic E-state index is 12.4. The van der Waals surface area contributed by atoms with E-state index in [0.29, 0.717) is 10.6 Å². The number of aromatic amines is 1. The van der Waals surface area contributed by atoms with Crippen LogP contribution in [0.3, 0.4) is 0 Å². The minimum absolute atomic E-state index is 0.0339. The number of hydrogen-bond acceptors (Lipinski definition) is 7. The van der Waals surface area contributed by atoms with Gasteiger partial charge in [0.05, 0.1) is 24.3 Å². The highest BCUT2D eigenvalue weighted by Crippen LogP contribution is 2.34. The molecule has 0 saturated heterocycles. The van der Waals surface area contributed by atoms with Crippen molar-refractivity contribution >= 4 is 35.1 Å². The molecule has 0 atom stereocenters. The molecule has 0 spiro atoms. The number of nitrogens with zero attached hydrogens (tertiary/aromatic N) is 2. The van der Waals surface area contributed by atoms with Crippen LogP contribution in [-0.2, 0) is 4.74 Å². The van der Waals surface area contributed by atoms with Crippen molar-refractivity contribution in [3.05, 3.63) is 57.7 Å². The maximum atomic E-state index is 12.4. The largest absolute Gasteiger partial charge is 0.493 e. The number of ether oxygens (including phenoxy) is 3. The number of methoxy groups -OCH3 is 1. The topological polar surface area (TPSA) is 103 Å². The van der Waals surface area contributed by atoms with Crippen LogP contribution in [0.4, 0.5) is 0 Å². The van der Waals surface area contributed by atoms with E-state index >= 15 is 0 Å². The Morgan fingerprint density at radius 2 is 1.83 bits per heavy atom. The second-order valence-electron chi connectivity index (χ2n) is 5.62. The molecular formula is C19H15Cl2N3O5. The van der Waals surface area contributed by atoms with Crippen LogP contribution < -0.4 is 9.47 Å². The molecule has 8 nitrogen and oxygen atoms in total. The Kier molecular flexibility index (Phi) is 6.36. The fourth-order valence-corrected chi connectivity index (χ4v) is 2.97. The maximum Gasteiger partial charge on any atom is 0.361 e. The van der Waals surface area contributed by atoms with Gasteiger partial charge in [0.25, 0.3) is 0 Å². The molecule has 0 aliphatic heterocycles. The summed E-state index contributed by atoms with van der Waals surface area (Å²) in [6.07, 6.45) is 0. The van der Waals surface area contributed by atoms with Crippen LogP contribution in [0.1, 0.15) is 27.8 Å². The lowest BCUT2D eigenvalue weighted by Crippen LogP contribution is -2.10. The van der Waals surface area contributed by atoms with Gasteiger partial charge in [-0.2, -0.15) is 10.3 Å². The highest BCUT2D eigenvalue weighted by atomic mass is 35.5. The zero-order chi connectivity index (χ0) is 21.0. The molecule has 2 aromatic carbocycles. The fourth-order valence-electron chi connectivity index (χ4n) is 2.48. The van der Waals surface area contributed by atoms with Gasteiger partial charge >= 0.3 is 11.9 Å². The summed E-state index contributed by atoms with van der Waals surface area (Å²) in [6.45, 7) is 1.90. The van der Waals surface area contributed by atoms with E-state index in [1.807, 2.05) is 0 Å². The van der Waals surface area contributed by atoms with Gasteiger partial charge in [-0.15, -0.1) is 5.10 Å². The summed E-state index contributed by atoms with van der Waals surface area (Å²) in [7, 11) is 1.42. The van der Waals surface area contributed by atoms with Crippen molar-refractivity contribution in [1.82, 2.24) is 15.4 Å². The van der Waals surface area contributed by atoms with Crippen LogP contribution in [0.5, 0.6) is 11.5 Å². The number of carbonyl (C=O) groups excluding carboxylic acids is 2. The van der Waals surface area contributed by atoms with Crippen LogP contribution in [0, 0.1) is 0 Å². The van der Waals surface area contributed by atoms with Crippen LogP contribution in [0.25, 0.3) is 11.3 Å². The van der Waals surface area contributed by atoms with Crippen LogP contribution in [0.15, 0.2) is 36.4 Å². The summed E-state index contributed by atoms with van der Waals surface area (Å²) >= 11 is 11.9. The third kappa shape index (κ3) is 4.49. The van der Waals surface area contributed by atoms with E-state index in [0.717, 1.165) is 0 Å². The van der Waals surface area contributed by atoms with Crippen molar-refractivity contribution in [2.24, 2.45) is 0 Å². The Balaban J connectivity index is 1.89. The standard InChI is InChI=1S/C19H15Cl2N3O5/c1-3-28-19(26)17-16(22-24-23-17)10-4-7-14(15(8-10)27-2)29-18(25)12-6-5-11(20)9-13(12)21/h4-9H,3H2,1-2H3,(H,22,23,24). The summed E-state index contributed by atoms with van der Waals surface area (Å²) in [5, 5.41) is 10.8. The summed E-state index contributed by atoms with van der Waals surface area (Å²) < 4.78 is 15.7. The first-order valence-corrected chi connectivity index (χ1v) is 9.13. The highest BCUT2D eigenvalue weighted by molar-refractivity contribution is 6.36. The minimum Gasteiger partial charge on any atom is -0.493 e. The van der Waals surface area contributed by atoms with Crippen molar-refractivity contribution in [1.29, 1.82) is 0 Å². The minimum atomic E-state index is -0.675. The van der Waals surface area contributed by atoms with Gasteiger partial charge < -0.3 is 14.2 Å². The number of halogens is 2. The molecular weight excluding hydrogens is 421 g/mol. The molecule has 10 heteroatoms. The van der Waals surface area contributed by atoms with Gasteiger partial charge in [-0.1, -0.05) is 23.2 Å². The van der Waals surface area contributed by atoms with Gasteiger partial charge in [-0.25, -0.2) is 9.59 Å². The predicted octanol–water partition coefficient (Wildman–Crippen LogP) is 4.18. The molecule has 0 fully saturated rings. The normalized spacial score (nSPS) is 10.5. The number of aromatic nitrogens is 3. The molecule has 1 aromatic heterocycles. The first-order chi connectivity index (χ1) is 13.9. The molecule has 1 N–H and O–H groups in total. The average Bonchev–Trinajstić information content (AvgIpc) is 3.18. The van der Waals surface area contributed by atoms with Crippen LogP contribution >= 0.6 is 23.2 Å². The second kappa shape index (κ2) is 8.93. The SMILES string of the molecule is CCOC(=O)c1n[nH]nc1-c1ccc(OC(=O)c2ccc(Cl)cc2Cl)c(OC)c1.